The Morgan fingerprint density at radius 1 is 1.38 bits per heavy atom. The molecule has 0 N–H and O–H groups in total. The van der Waals surface area contributed by atoms with E-state index in [1.165, 1.54) is 0 Å². The lowest BCUT2D eigenvalue weighted by Crippen LogP contribution is -2.07. The van der Waals surface area contributed by atoms with Crippen LogP contribution in [0.25, 0.3) is 0 Å². The fraction of sp³-hybridized carbons (Fsp3) is 0.417. The van der Waals surface area contributed by atoms with Crippen LogP contribution in [0.1, 0.15) is 31.1 Å². The number of carbonyl (C=O) groups excluding carboxylic acids is 1. The van der Waals surface area contributed by atoms with Gasteiger partial charge in [-0.15, -0.1) is 0 Å². The molecule has 1 aromatic rings. The number of aldehydes is 1. The van der Waals surface area contributed by atoms with Gasteiger partial charge in [0.25, 0.3) is 0 Å². The van der Waals surface area contributed by atoms with E-state index in [2.05, 4.69) is 0 Å². The quantitative estimate of drug-likeness (QED) is 0.743. The Morgan fingerprint density at radius 2 is 2.06 bits per heavy atom. The Balaban J connectivity index is 3.13. The van der Waals surface area contributed by atoms with Gasteiger partial charge in [0.15, 0.2) is 17.8 Å². The van der Waals surface area contributed by atoms with Crippen LogP contribution >= 0.6 is 11.6 Å². The van der Waals surface area contributed by atoms with E-state index >= 15 is 0 Å². The molecular formula is C12H15ClO3. The van der Waals surface area contributed by atoms with E-state index < -0.39 is 0 Å². The minimum atomic E-state index is 0.0253. The molecule has 1 rings (SSSR count). The summed E-state index contributed by atoms with van der Waals surface area (Å²) in [7, 11) is 0. The first-order valence-electron chi connectivity index (χ1n) is 5.16. The Labute approximate surface area is 100 Å². The minimum absolute atomic E-state index is 0.0253. The Kier molecular flexibility index (Phi) is 4.62. The maximum absolute atomic E-state index is 10.7. The van der Waals surface area contributed by atoms with Crippen molar-refractivity contribution in [2.45, 2.75) is 26.9 Å². The third-order valence-electron chi connectivity index (χ3n) is 1.85. The van der Waals surface area contributed by atoms with E-state index in [1.807, 2.05) is 20.8 Å². The second-order valence-corrected chi connectivity index (χ2v) is 3.95. The molecule has 0 aliphatic rings. The number of hydrogen-bond donors (Lipinski definition) is 0. The maximum atomic E-state index is 10.7. The number of ether oxygens (including phenoxy) is 2. The molecule has 3 nitrogen and oxygen atoms in total. The van der Waals surface area contributed by atoms with Crippen LogP contribution in [-0.2, 0) is 0 Å². The maximum Gasteiger partial charge on any atom is 0.163 e. The zero-order valence-electron chi connectivity index (χ0n) is 9.62. The molecule has 4 heteroatoms. The topological polar surface area (TPSA) is 35.5 Å². The lowest BCUT2D eigenvalue weighted by molar-refractivity contribution is 0.112. The molecule has 0 unspecified atom stereocenters. The molecule has 88 valence electrons. The summed E-state index contributed by atoms with van der Waals surface area (Å²) in [6, 6.07) is 3.20. The summed E-state index contributed by atoms with van der Waals surface area (Å²) in [6.07, 6.45) is 0.724. The normalized spacial score (nSPS) is 10.3. The third-order valence-corrected chi connectivity index (χ3v) is 2.18. The second-order valence-electron chi connectivity index (χ2n) is 3.54. The van der Waals surface area contributed by atoms with Gasteiger partial charge in [-0.2, -0.15) is 0 Å². The largest absolute Gasteiger partial charge is 0.490 e. The van der Waals surface area contributed by atoms with Crippen LogP contribution in [-0.4, -0.2) is 19.0 Å². The van der Waals surface area contributed by atoms with E-state index in [-0.39, 0.29) is 6.10 Å². The Bertz CT molecular complexity index is 375. The van der Waals surface area contributed by atoms with Gasteiger partial charge in [0.1, 0.15) is 0 Å². The summed E-state index contributed by atoms with van der Waals surface area (Å²) >= 11 is 5.92. The molecule has 0 bridgehead atoms. The average molecular weight is 243 g/mol. The third kappa shape index (κ3) is 3.14. The molecule has 16 heavy (non-hydrogen) atoms. The van der Waals surface area contributed by atoms with Gasteiger partial charge in [-0.3, -0.25) is 4.79 Å². The van der Waals surface area contributed by atoms with Crippen LogP contribution in [0.3, 0.4) is 0 Å². The lowest BCUT2D eigenvalue weighted by Gasteiger charge is -2.15. The fourth-order valence-electron chi connectivity index (χ4n) is 1.26. The molecule has 0 atom stereocenters. The Morgan fingerprint density at radius 3 is 2.56 bits per heavy atom. The van der Waals surface area contributed by atoms with Gasteiger partial charge in [0.05, 0.1) is 17.7 Å². The molecule has 0 saturated heterocycles. The monoisotopic (exact) mass is 242 g/mol. The van der Waals surface area contributed by atoms with Gasteiger partial charge in [-0.05, 0) is 26.8 Å². The van der Waals surface area contributed by atoms with Crippen LogP contribution in [0, 0.1) is 0 Å². The lowest BCUT2D eigenvalue weighted by atomic mass is 10.2. The summed E-state index contributed by atoms with van der Waals surface area (Å²) in [5.41, 5.74) is 0.404. The molecule has 0 spiro atoms. The van der Waals surface area contributed by atoms with Crippen molar-refractivity contribution in [1.82, 2.24) is 0 Å². The SMILES string of the molecule is CCOc1cc(C=O)c(Cl)cc1OC(C)C. The predicted octanol–water partition coefficient (Wildman–Crippen LogP) is 3.34. The molecule has 0 heterocycles. The molecule has 0 radical (unpaired) electrons. The zero-order valence-corrected chi connectivity index (χ0v) is 10.4. The van der Waals surface area contributed by atoms with Gasteiger partial charge in [0.2, 0.25) is 0 Å². The van der Waals surface area contributed by atoms with Gasteiger partial charge >= 0.3 is 0 Å². The molecule has 1 aromatic carbocycles. The number of hydrogen-bond acceptors (Lipinski definition) is 3. The summed E-state index contributed by atoms with van der Waals surface area (Å²) in [4.78, 5) is 10.7. The second kappa shape index (κ2) is 5.75. The van der Waals surface area contributed by atoms with Gasteiger partial charge < -0.3 is 9.47 Å². The smallest absolute Gasteiger partial charge is 0.163 e. The van der Waals surface area contributed by atoms with Gasteiger partial charge in [-0.1, -0.05) is 11.6 Å². The minimum Gasteiger partial charge on any atom is -0.490 e. The summed E-state index contributed by atoms with van der Waals surface area (Å²) in [5, 5.41) is 0.370. The van der Waals surface area contributed by atoms with Crippen LogP contribution < -0.4 is 9.47 Å². The highest BCUT2D eigenvalue weighted by atomic mass is 35.5. The summed E-state index contributed by atoms with van der Waals surface area (Å²) in [5.74, 6) is 1.11. The Hall–Kier alpha value is -1.22. The van der Waals surface area contributed by atoms with Gasteiger partial charge in [-0.25, -0.2) is 0 Å². The summed E-state index contributed by atoms with van der Waals surface area (Å²) < 4.78 is 10.9. The van der Waals surface area contributed by atoms with Crippen molar-refractivity contribution >= 4 is 17.9 Å². The van der Waals surface area contributed by atoms with Crippen molar-refractivity contribution in [3.8, 4) is 11.5 Å². The van der Waals surface area contributed by atoms with Crippen molar-refractivity contribution < 1.29 is 14.3 Å². The fourth-order valence-corrected chi connectivity index (χ4v) is 1.45. The van der Waals surface area contributed by atoms with Crippen molar-refractivity contribution in [3.05, 3.63) is 22.7 Å². The highest BCUT2D eigenvalue weighted by molar-refractivity contribution is 6.33. The number of rotatable bonds is 5. The predicted molar refractivity (Wildman–Crippen MR) is 63.8 cm³/mol. The van der Waals surface area contributed by atoms with E-state index in [0.29, 0.717) is 35.0 Å². The highest BCUT2D eigenvalue weighted by Gasteiger charge is 2.11. The molecule has 0 aliphatic heterocycles. The number of carbonyl (C=O) groups is 1. The molecule has 0 aromatic heterocycles. The standard InChI is InChI=1S/C12H15ClO3/c1-4-15-11-5-9(7-14)10(13)6-12(11)16-8(2)3/h5-8H,4H2,1-3H3. The van der Waals surface area contributed by atoms with Crippen LogP contribution in [0.15, 0.2) is 12.1 Å². The van der Waals surface area contributed by atoms with E-state index in [9.17, 15) is 4.79 Å². The highest BCUT2D eigenvalue weighted by Crippen LogP contribution is 2.33. The van der Waals surface area contributed by atoms with E-state index in [0.717, 1.165) is 0 Å². The molecule has 0 fully saturated rings. The van der Waals surface area contributed by atoms with E-state index in [1.54, 1.807) is 12.1 Å². The van der Waals surface area contributed by atoms with E-state index in [4.69, 9.17) is 21.1 Å². The van der Waals surface area contributed by atoms with Crippen molar-refractivity contribution in [1.29, 1.82) is 0 Å². The summed E-state index contributed by atoms with van der Waals surface area (Å²) in [6.45, 7) is 6.21. The number of halogens is 1. The van der Waals surface area contributed by atoms with Crippen molar-refractivity contribution in [2.24, 2.45) is 0 Å². The molecule has 0 amide bonds. The van der Waals surface area contributed by atoms with Crippen molar-refractivity contribution in [3.63, 3.8) is 0 Å². The van der Waals surface area contributed by atoms with Crippen LogP contribution in [0.5, 0.6) is 11.5 Å². The average Bonchev–Trinajstić information content (AvgIpc) is 2.21. The molecule has 0 saturated carbocycles. The molecular weight excluding hydrogens is 228 g/mol. The van der Waals surface area contributed by atoms with Gasteiger partial charge in [0, 0.05) is 11.6 Å². The first kappa shape index (κ1) is 12.8. The first-order valence-corrected chi connectivity index (χ1v) is 5.54. The first-order chi connectivity index (χ1) is 7.58. The zero-order chi connectivity index (χ0) is 12.1. The van der Waals surface area contributed by atoms with Crippen molar-refractivity contribution in [2.75, 3.05) is 6.61 Å². The molecule has 0 aliphatic carbocycles. The van der Waals surface area contributed by atoms with Crippen LogP contribution in [0.4, 0.5) is 0 Å². The number of benzene rings is 1. The van der Waals surface area contributed by atoms with Crippen LogP contribution in [0.2, 0.25) is 5.02 Å².